The average Bonchev–Trinajstić information content (AvgIpc) is 2.66. The number of hydrogen-bond donors (Lipinski definition) is 8. The number of primary amides is 1. The molecule has 0 saturated carbocycles. The molecule has 0 bridgehead atoms. The fourth-order valence-corrected chi connectivity index (χ4v) is 2.55. The number of aliphatic carboxylic acids is 1. The second-order valence-electron chi connectivity index (χ2n) is 6.95. The fourth-order valence-electron chi connectivity index (χ4n) is 2.30. The molecule has 13 heteroatoms. The molecule has 0 saturated heterocycles. The van der Waals surface area contributed by atoms with Crippen molar-refractivity contribution in [3.63, 3.8) is 0 Å². The summed E-state index contributed by atoms with van der Waals surface area (Å²) in [5, 5.41) is 25.7. The summed E-state index contributed by atoms with van der Waals surface area (Å²) in [7, 11) is 0. The van der Waals surface area contributed by atoms with E-state index in [4.69, 9.17) is 16.6 Å². The van der Waals surface area contributed by atoms with Crippen molar-refractivity contribution in [1.82, 2.24) is 16.0 Å². The van der Waals surface area contributed by atoms with E-state index in [0.717, 1.165) is 0 Å². The summed E-state index contributed by atoms with van der Waals surface area (Å²) in [5.74, 6) is -5.30. The van der Waals surface area contributed by atoms with E-state index < -0.39 is 66.3 Å². The molecule has 0 aliphatic carbocycles. The van der Waals surface area contributed by atoms with E-state index >= 15 is 0 Å². The Labute approximate surface area is 179 Å². The zero-order valence-electron chi connectivity index (χ0n) is 17.1. The molecule has 0 spiro atoms. The van der Waals surface area contributed by atoms with Crippen molar-refractivity contribution < 1.29 is 34.2 Å². The summed E-state index contributed by atoms with van der Waals surface area (Å²) < 4.78 is 0. The van der Waals surface area contributed by atoms with Gasteiger partial charge in [0, 0.05) is 5.75 Å². The number of rotatable bonds is 13. The highest BCUT2D eigenvalue weighted by atomic mass is 32.1. The first-order valence-corrected chi connectivity index (χ1v) is 9.95. The number of amides is 4. The number of carboxylic acids is 1. The fraction of sp³-hybridized carbons (Fsp3) is 0.706. The van der Waals surface area contributed by atoms with Crippen LogP contribution in [0.5, 0.6) is 0 Å². The Kier molecular flexibility index (Phi) is 12.0. The van der Waals surface area contributed by atoms with E-state index in [1.54, 1.807) is 6.92 Å². The minimum absolute atomic E-state index is 0.170. The molecule has 0 aliphatic rings. The lowest BCUT2D eigenvalue weighted by Crippen LogP contribution is -2.60. The summed E-state index contributed by atoms with van der Waals surface area (Å²) in [6.45, 7) is 4.87. The molecule has 6 atom stereocenters. The van der Waals surface area contributed by atoms with Crippen LogP contribution in [0.25, 0.3) is 0 Å². The molecule has 172 valence electrons. The van der Waals surface area contributed by atoms with E-state index in [2.05, 4.69) is 28.6 Å². The molecule has 9 N–H and O–H groups in total. The van der Waals surface area contributed by atoms with Gasteiger partial charge in [-0.3, -0.25) is 19.2 Å². The molecule has 6 unspecified atom stereocenters. The Bertz CT molecular complexity index is 646. The Morgan fingerprint density at radius 2 is 1.50 bits per heavy atom. The van der Waals surface area contributed by atoms with Gasteiger partial charge in [0.25, 0.3) is 0 Å². The molecule has 4 amide bonds. The maximum Gasteiger partial charge on any atom is 0.326 e. The van der Waals surface area contributed by atoms with E-state index in [1.165, 1.54) is 6.92 Å². The monoisotopic (exact) mass is 449 g/mol. The molecule has 30 heavy (non-hydrogen) atoms. The minimum atomic E-state index is -1.59. The predicted molar refractivity (Wildman–Crippen MR) is 110 cm³/mol. The maximum atomic E-state index is 12.5. The van der Waals surface area contributed by atoms with Crippen molar-refractivity contribution in [3.05, 3.63) is 0 Å². The lowest BCUT2D eigenvalue weighted by molar-refractivity contribution is -0.143. The highest BCUT2D eigenvalue weighted by Crippen LogP contribution is 2.06. The highest BCUT2D eigenvalue weighted by molar-refractivity contribution is 7.80. The Balaban J connectivity index is 5.22. The first-order valence-electron chi connectivity index (χ1n) is 9.32. The number of carbonyl (C=O) groups is 5. The second-order valence-corrected chi connectivity index (χ2v) is 7.32. The zero-order chi connectivity index (χ0) is 23.6. The number of thiol groups is 1. The van der Waals surface area contributed by atoms with Crippen LogP contribution >= 0.6 is 12.6 Å². The quantitative estimate of drug-likeness (QED) is 0.136. The summed E-state index contributed by atoms with van der Waals surface area (Å²) in [6.07, 6.45) is -1.34. The standard InChI is InChI=1S/C17H31N5O7S/c1-4-7(2)12(19)15(26)22-13(8(3)23)16(27)21-10(6-30)14(25)20-9(17(28)29)5-11(18)24/h7-10,12-13,23,30H,4-6,19H2,1-3H3,(H2,18,24)(H,20,25)(H,21,27)(H,22,26)(H,28,29). The van der Waals surface area contributed by atoms with Crippen LogP contribution in [0.2, 0.25) is 0 Å². The largest absolute Gasteiger partial charge is 0.480 e. The van der Waals surface area contributed by atoms with Gasteiger partial charge in [-0.2, -0.15) is 12.6 Å². The van der Waals surface area contributed by atoms with Gasteiger partial charge >= 0.3 is 5.97 Å². The van der Waals surface area contributed by atoms with Crippen LogP contribution in [0.1, 0.15) is 33.6 Å². The second kappa shape index (κ2) is 13.0. The van der Waals surface area contributed by atoms with Gasteiger partial charge in [0.2, 0.25) is 23.6 Å². The van der Waals surface area contributed by atoms with Gasteiger partial charge in [-0.15, -0.1) is 0 Å². The van der Waals surface area contributed by atoms with E-state index in [-0.39, 0.29) is 11.7 Å². The molecule has 12 nitrogen and oxygen atoms in total. The van der Waals surface area contributed by atoms with Crippen LogP contribution in [0.3, 0.4) is 0 Å². The van der Waals surface area contributed by atoms with Gasteiger partial charge in [-0.05, 0) is 12.8 Å². The molecule has 0 aliphatic heterocycles. The van der Waals surface area contributed by atoms with Crippen LogP contribution in [0, 0.1) is 5.92 Å². The Morgan fingerprint density at radius 1 is 0.967 bits per heavy atom. The third kappa shape index (κ3) is 8.97. The lowest BCUT2D eigenvalue weighted by Gasteiger charge is -2.26. The van der Waals surface area contributed by atoms with Gasteiger partial charge in [-0.25, -0.2) is 4.79 Å². The van der Waals surface area contributed by atoms with Crippen molar-refractivity contribution in [3.8, 4) is 0 Å². The first kappa shape index (κ1) is 27.6. The lowest BCUT2D eigenvalue weighted by atomic mass is 9.98. The van der Waals surface area contributed by atoms with E-state index in [9.17, 15) is 29.1 Å². The van der Waals surface area contributed by atoms with Crippen LogP contribution < -0.4 is 27.4 Å². The predicted octanol–water partition coefficient (Wildman–Crippen LogP) is -2.92. The minimum Gasteiger partial charge on any atom is -0.480 e. The summed E-state index contributed by atoms with van der Waals surface area (Å²) in [4.78, 5) is 59.2. The number of aliphatic hydroxyl groups excluding tert-OH is 1. The molecule has 0 fully saturated rings. The number of nitrogens with one attached hydrogen (secondary N) is 3. The maximum absolute atomic E-state index is 12.5. The molecular weight excluding hydrogens is 418 g/mol. The van der Waals surface area contributed by atoms with E-state index in [0.29, 0.717) is 6.42 Å². The summed E-state index contributed by atoms with van der Waals surface area (Å²) in [6, 6.07) is -5.21. The van der Waals surface area contributed by atoms with Gasteiger partial charge in [-0.1, -0.05) is 20.3 Å². The van der Waals surface area contributed by atoms with Crippen molar-refractivity contribution in [2.24, 2.45) is 17.4 Å². The van der Waals surface area contributed by atoms with Crippen LogP contribution in [0.4, 0.5) is 0 Å². The third-order valence-electron chi connectivity index (χ3n) is 4.46. The van der Waals surface area contributed by atoms with Crippen molar-refractivity contribution in [2.45, 2.75) is 63.9 Å². The van der Waals surface area contributed by atoms with Crippen LogP contribution in [-0.2, 0) is 24.0 Å². The Hall–Kier alpha value is -2.38. The molecule has 0 aromatic rings. The number of carboxylic acid groups (broad SMARTS) is 1. The topological polar surface area (TPSA) is 214 Å². The number of hydrogen-bond acceptors (Lipinski definition) is 8. The van der Waals surface area contributed by atoms with Gasteiger partial charge < -0.3 is 37.6 Å². The Morgan fingerprint density at radius 3 is 1.90 bits per heavy atom. The molecule has 0 rings (SSSR count). The van der Waals surface area contributed by atoms with Gasteiger partial charge in [0.05, 0.1) is 18.6 Å². The average molecular weight is 450 g/mol. The van der Waals surface area contributed by atoms with E-state index in [1.807, 2.05) is 6.92 Å². The van der Waals surface area contributed by atoms with Gasteiger partial charge in [0.1, 0.15) is 18.1 Å². The SMILES string of the molecule is CCC(C)C(N)C(=O)NC(C(=O)NC(CS)C(=O)NC(CC(N)=O)C(=O)O)C(C)O. The summed E-state index contributed by atoms with van der Waals surface area (Å²) >= 11 is 3.95. The molecular formula is C17H31N5O7S. The van der Waals surface area contributed by atoms with Gasteiger partial charge in [0.15, 0.2) is 0 Å². The number of nitrogens with two attached hydrogens (primary N) is 2. The molecule has 0 aromatic heterocycles. The molecule has 0 radical (unpaired) electrons. The third-order valence-corrected chi connectivity index (χ3v) is 4.82. The molecule has 0 aromatic carbocycles. The first-order chi connectivity index (χ1) is 13.8. The highest BCUT2D eigenvalue weighted by Gasteiger charge is 2.32. The summed E-state index contributed by atoms with van der Waals surface area (Å²) in [5.41, 5.74) is 10.8. The van der Waals surface area contributed by atoms with Crippen LogP contribution in [-0.4, -0.2) is 75.8 Å². The smallest absolute Gasteiger partial charge is 0.326 e. The zero-order valence-corrected chi connectivity index (χ0v) is 18.0. The number of aliphatic hydroxyl groups is 1. The van der Waals surface area contributed by atoms with Crippen molar-refractivity contribution in [1.29, 1.82) is 0 Å². The normalized spacial score (nSPS) is 16.9. The van der Waals surface area contributed by atoms with Crippen LogP contribution in [0.15, 0.2) is 0 Å². The van der Waals surface area contributed by atoms with Crippen molar-refractivity contribution in [2.75, 3.05) is 5.75 Å². The molecule has 0 heterocycles. The van der Waals surface area contributed by atoms with Crippen molar-refractivity contribution >= 4 is 42.2 Å². The number of carbonyl (C=O) groups excluding carboxylic acids is 4.